The summed E-state index contributed by atoms with van der Waals surface area (Å²) in [5.41, 5.74) is 0.844. The SMILES string of the molecule is COC(=O)C(C)(C)CC(CCCCO[Si](C)(C)C(C)(C)C)CCCc1cccnc1. The molecule has 1 unspecified atom stereocenters. The average molecular weight is 436 g/mol. The monoisotopic (exact) mass is 435 g/mol. The number of carbonyl (C=O) groups is 1. The third-order valence-corrected chi connectivity index (χ3v) is 11.2. The van der Waals surface area contributed by atoms with Crippen LogP contribution in [0.15, 0.2) is 24.5 Å². The molecule has 1 aromatic heterocycles. The average Bonchev–Trinajstić information content (AvgIpc) is 2.66. The Morgan fingerprint density at radius 3 is 2.33 bits per heavy atom. The van der Waals surface area contributed by atoms with Crippen molar-refractivity contribution in [2.24, 2.45) is 11.3 Å². The van der Waals surface area contributed by atoms with Crippen LogP contribution < -0.4 is 0 Å². The summed E-state index contributed by atoms with van der Waals surface area (Å²) < 4.78 is 11.4. The van der Waals surface area contributed by atoms with Crippen molar-refractivity contribution in [3.63, 3.8) is 0 Å². The summed E-state index contributed by atoms with van der Waals surface area (Å²) in [5.74, 6) is 0.407. The van der Waals surface area contributed by atoms with Gasteiger partial charge in [0.15, 0.2) is 8.32 Å². The zero-order valence-electron chi connectivity index (χ0n) is 20.7. The predicted octanol–water partition coefficient (Wildman–Crippen LogP) is 6.80. The molecule has 0 saturated carbocycles. The van der Waals surface area contributed by atoms with Crippen molar-refractivity contribution in [3.8, 4) is 0 Å². The van der Waals surface area contributed by atoms with Crippen molar-refractivity contribution >= 4 is 14.3 Å². The highest BCUT2D eigenvalue weighted by Crippen LogP contribution is 2.37. The van der Waals surface area contributed by atoms with Gasteiger partial charge in [-0.2, -0.15) is 0 Å². The topological polar surface area (TPSA) is 48.4 Å². The molecule has 0 bridgehead atoms. The number of aromatic nitrogens is 1. The number of pyridine rings is 1. The van der Waals surface area contributed by atoms with Gasteiger partial charge in [-0.15, -0.1) is 0 Å². The predicted molar refractivity (Wildman–Crippen MR) is 128 cm³/mol. The highest BCUT2D eigenvalue weighted by atomic mass is 28.4. The summed E-state index contributed by atoms with van der Waals surface area (Å²) in [7, 11) is -0.180. The van der Waals surface area contributed by atoms with E-state index in [1.165, 1.54) is 12.7 Å². The Labute approximate surface area is 186 Å². The number of aryl methyl sites for hydroxylation is 1. The molecule has 1 atom stereocenters. The molecular weight excluding hydrogens is 390 g/mol. The second kappa shape index (κ2) is 12.0. The Morgan fingerprint density at radius 2 is 1.77 bits per heavy atom. The number of esters is 1. The van der Waals surface area contributed by atoms with E-state index in [9.17, 15) is 4.79 Å². The lowest BCUT2D eigenvalue weighted by Crippen LogP contribution is -2.40. The molecule has 0 amide bonds. The molecule has 0 spiro atoms. The first kappa shape index (κ1) is 26.8. The zero-order chi connectivity index (χ0) is 22.8. The van der Waals surface area contributed by atoms with E-state index < -0.39 is 13.7 Å². The van der Waals surface area contributed by atoms with Crippen LogP contribution in [0.1, 0.15) is 78.7 Å². The third kappa shape index (κ3) is 9.30. The van der Waals surface area contributed by atoms with Crippen LogP contribution in [0.4, 0.5) is 0 Å². The van der Waals surface area contributed by atoms with E-state index in [0.717, 1.165) is 51.6 Å². The van der Waals surface area contributed by atoms with Crippen LogP contribution in [0.2, 0.25) is 18.1 Å². The molecule has 0 aliphatic rings. The number of unbranched alkanes of at least 4 members (excludes halogenated alkanes) is 1. The van der Waals surface area contributed by atoms with Gasteiger partial charge in [-0.25, -0.2) is 0 Å². The lowest BCUT2D eigenvalue weighted by Gasteiger charge is -2.36. The first-order valence-corrected chi connectivity index (χ1v) is 14.4. The van der Waals surface area contributed by atoms with E-state index >= 15 is 0 Å². The molecule has 0 radical (unpaired) electrons. The van der Waals surface area contributed by atoms with Gasteiger partial charge < -0.3 is 9.16 Å². The molecule has 0 aliphatic heterocycles. The largest absolute Gasteiger partial charge is 0.469 e. The first-order valence-electron chi connectivity index (χ1n) is 11.5. The second-order valence-electron chi connectivity index (χ2n) is 10.8. The number of methoxy groups -OCH3 is 1. The molecule has 0 N–H and O–H groups in total. The Kier molecular flexibility index (Phi) is 10.7. The molecule has 0 aliphatic carbocycles. The van der Waals surface area contributed by atoms with Gasteiger partial charge in [0.05, 0.1) is 12.5 Å². The highest BCUT2D eigenvalue weighted by molar-refractivity contribution is 6.74. The van der Waals surface area contributed by atoms with E-state index in [1.54, 1.807) is 0 Å². The van der Waals surface area contributed by atoms with Crippen LogP contribution in [-0.2, 0) is 20.4 Å². The molecule has 0 fully saturated rings. The van der Waals surface area contributed by atoms with Gasteiger partial charge in [0, 0.05) is 19.0 Å². The van der Waals surface area contributed by atoms with Crippen molar-refractivity contribution < 1.29 is 14.0 Å². The van der Waals surface area contributed by atoms with E-state index in [1.807, 2.05) is 32.3 Å². The Hall–Kier alpha value is -1.20. The summed E-state index contributed by atoms with van der Waals surface area (Å²) >= 11 is 0. The highest BCUT2D eigenvalue weighted by Gasteiger charge is 2.37. The minimum absolute atomic E-state index is 0.110. The summed E-state index contributed by atoms with van der Waals surface area (Å²) in [5, 5.41) is 0.256. The van der Waals surface area contributed by atoms with Gasteiger partial charge in [-0.3, -0.25) is 9.78 Å². The lowest BCUT2D eigenvalue weighted by molar-refractivity contribution is -0.151. The van der Waals surface area contributed by atoms with Gasteiger partial charge in [-0.05, 0) is 75.2 Å². The van der Waals surface area contributed by atoms with Crippen molar-refractivity contribution in [1.29, 1.82) is 0 Å². The van der Waals surface area contributed by atoms with Crippen LogP contribution in [0.25, 0.3) is 0 Å². The molecular formula is C25H45NO3Si. The zero-order valence-corrected chi connectivity index (χ0v) is 21.7. The smallest absolute Gasteiger partial charge is 0.311 e. The van der Waals surface area contributed by atoms with Gasteiger partial charge >= 0.3 is 5.97 Å². The Balaban J connectivity index is 2.54. The van der Waals surface area contributed by atoms with Crippen LogP contribution in [0.5, 0.6) is 0 Å². The molecule has 1 heterocycles. The normalized spacial score (nSPS) is 13.9. The molecule has 4 nitrogen and oxygen atoms in total. The lowest BCUT2D eigenvalue weighted by atomic mass is 9.78. The fourth-order valence-corrected chi connectivity index (χ4v) is 4.74. The number of hydrogen-bond donors (Lipinski definition) is 0. The number of ether oxygens (including phenoxy) is 1. The van der Waals surface area contributed by atoms with Crippen molar-refractivity contribution in [1.82, 2.24) is 4.98 Å². The summed E-state index contributed by atoms with van der Waals surface area (Å²) in [6.45, 7) is 16.3. The quantitative estimate of drug-likeness (QED) is 0.194. The maximum atomic E-state index is 12.2. The minimum Gasteiger partial charge on any atom is -0.469 e. The summed E-state index contributed by atoms with van der Waals surface area (Å²) in [6, 6.07) is 4.13. The minimum atomic E-state index is -1.67. The van der Waals surface area contributed by atoms with Crippen LogP contribution in [-0.4, -0.2) is 33.0 Å². The number of hydrogen-bond acceptors (Lipinski definition) is 4. The second-order valence-corrected chi connectivity index (χ2v) is 15.6. The van der Waals surface area contributed by atoms with E-state index in [-0.39, 0.29) is 11.0 Å². The number of nitrogens with zero attached hydrogens (tertiary/aromatic N) is 1. The van der Waals surface area contributed by atoms with Gasteiger partial charge in [0.2, 0.25) is 0 Å². The van der Waals surface area contributed by atoms with Crippen LogP contribution >= 0.6 is 0 Å². The standard InChI is InChI=1S/C25H45NO3Si/c1-24(2,3)30(7,8)29-18-10-9-13-21(19-25(4,5)23(27)28-6)14-11-15-22-16-12-17-26-20-22/h12,16-17,20-21H,9-11,13-15,18-19H2,1-8H3. The van der Waals surface area contributed by atoms with Crippen molar-refractivity contribution in [2.75, 3.05) is 13.7 Å². The van der Waals surface area contributed by atoms with Crippen LogP contribution in [0, 0.1) is 11.3 Å². The fraction of sp³-hybridized carbons (Fsp3) is 0.760. The molecule has 172 valence electrons. The third-order valence-electron chi connectivity index (χ3n) is 6.61. The Bertz CT molecular complexity index is 623. The van der Waals surface area contributed by atoms with E-state index in [2.05, 4.69) is 44.9 Å². The van der Waals surface area contributed by atoms with Crippen LogP contribution in [0.3, 0.4) is 0 Å². The van der Waals surface area contributed by atoms with Crippen molar-refractivity contribution in [2.45, 2.75) is 97.7 Å². The first-order chi connectivity index (χ1) is 13.9. The van der Waals surface area contributed by atoms with E-state index in [4.69, 9.17) is 9.16 Å². The van der Waals surface area contributed by atoms with Crippen molar-refractivity contribution in [3.05, 3.63) is 30.1 Å². The molecule has 1 rings (SSSR count). The number of rotatable bonds is 13. The van der Waals surface area contributed by atoms with Gasteiger partial charge in [0.1, 0.15) is 0 Å². The molecule has 1 aromatic rings. The summed E-state index contributed by atoms with van der Waals surface area (Å²) in [6.07, 6.45) is 11.3. The maximum Gasteiger partial charge on any atom is 0.311 e. The van der Waals surface area contributed by atoms with Gasteiger partial charge in [0.25, 0.3) is 0 Å². The molecule has 0 saturated heterocycles. The Morgan fingerprint density at radius 1 is 1.10 bits per heavy atom. The molecule has 0 aromatic carbocycles. The molecule has 5 heteroatoms. The fourth-order valence-electron chi connectivity index (χ4n) is 3.65. The maximum absolute atomic E-state index is 12.2. The number of carbonyl (C=O) groups excluding carboxylic acids is 1. The van der Waals surface area contributed by atoms with E-state index in [0.29, 0.717) is 5.92 Å². The van der Waals surface area contributed by atoms with Gasteiger partial charge in [-0.1, -0.05) is 46.1 Å². The summed E-state index contributed by atoms with van der Waals surface area (Å²) in [4.78, 5) is 16.4. The molecule has 30 heavy (non-hydrogen) atoms.